The van der Waals surface area contributed by atoms with Gasteiger partial charge in [0.15, 0.2) is 0 Å². The Morgan fingerprint density at radius 2 is 1.81 bits per heavy atom. The van der Waals surface area contributed by atoms with Crippen LogP contribution in [-0.2, 0) is 10.0 Å². The Bertz CT molecular complexity index is 301. The van der Waals surface area contributed by atoms with E-state index in [0.29, 0.717) is 4.31 Å². The molecule has 8 heteroatoms. The number of nitrogens with two attached hydrogens (primary N) is 1. The van der Waals surface area contributed by atoms with Crippen molar-refractivity contribution in [1.29, 1.82) is 0 Å². The van der Waals surface area contributed by atoms with Crippen LogP contribution < -0.4 is 5.73 Å². The second-order valence-corrected chi connectivity index (χ2v) is 5.75. The molecule has 0 aliphatic carbocycles. The fourth-order valence-corrected chi connectivity index (χ4v) is 2.91. The van der Waals surface area contributed by atoms with Crippen LogP contribution in [0, 0.1) is 0 Å². The van der Waals surface area contributed by atoms with Crippen LogP contribution in [0.5, 0.6) is 0 Å². The van der Waals surface area contributed by atoms with Crippen LogP contribution in [0.15, 0.2) is 0 Å². The predicted octanol–water partition coefficient (Wildman–Crippen LogP) is 0.938. The molecule has 0 aromatic rings. The molecule has 0 rings (SSSR count). The molecule has 0 spiro atoms. The molecule has 16 heavy (non-hydrogen) atoms. The Kier molecular flexibility index (Phi) is 5.71. The molecule has 0 heterocycles. The van der Waals surface area contributed by atoms with Crippen molar-refractivity contribution in [1.82, 2.24) is 4.31 Å². The summed E-state index contributed by atoms with van der Waals surface area (Å²) < 4.78 is 60.2. The zero-order valence-electron chi connectivity index (χ0n) is 9.29. The van der Waals surface area contributed by atoms with Crippen LogP contribution in [0.2, 0.25) is 0 Å². The van der Waals surface area contributed by atoms with Crippen molar-refractivity contribution in [2.24, 2.45) is 5.73 Å². The van der Waals surface area contributed by atoms with Crippen molar-refractivity contribution in [3.63, 3.8) is 0 Å². The van der Waals surface area contributed by atoms with Crippen molar-refractivity contribution in [3.8, 4) is 0 Å². The molecule has 0 fully saturated rings. The highest BCUT2D eigenvalue weighted by Crippen LogP contribution is 2.20. The Balaban J connectivity index is 4.78. The first-order chi connectivity index (χ1) is 7.10. The molecule has 0 aromatic carbocycles. The lowest BCUT2D eigenvalue weighted by atomic mass is 10.4. The van der Waals surface area contributed by atoms with E-state index in [1.165, 1.54) is 13.8 Å². The van der Waals surface area contributed by atoms with Gasteiger partial charge in [-0.05, 0) is 26.8 Å². The van der Waals surface area contributed by atoms with Crippen LogP contribution >= 0.6 is 0 Å². The van der Waals surface area contributed by atoms with E-state index in [4.69, 9.17) is 5.73 Å². The van der Waals surface area contributed by atoms with Crippen molar-refractivity contribution in [3.05, 3.63) is 0 Å². The Morgan fingerprint density at radius 1 is 1.31 bits per heavy atom. The van der Waals surface area contributed by atoms with E-state index in [1.807, 2.05) is 0 Å². The first kappa shape index (κ1) is 15.7. The van der Waals surface area contributed by atoms with Crippen molar-refractivity contribution < 1.29 is 21.6 Å². The fourth-order valence-electron chi connectivity index (χ4n) is 1.16. The van der Waals surface area contributed by atoms with Gasteiger partial charge in [-0.2, -0.15) is 17.5 Å². The minimum Gasteiger partial charge on any atom is -0.330 e. The highest BCUT2D eigenvalue weighted by atomic mass is 32.2. The van der Waals surface area contributed by atoms with Gasteiger partial charge < -0.3 is 5.73 Å². The molecule has 0 amide bonds. The van der Waals surface area contributed by atoms with E-state index in [0.717, 1.165) is 0 Å². The number of sulfonamides is 1. The molecule has 0 radical (unpaired) electrons. The van der Waals surface area contributed by atoms with Gasteiger partial charge >= 0.3 is 6.18 Å². The Labute approximate surface area is 93.7 Å². The molecule has 0 atom stereocenters. The summed E-state index contributed by atoms with van der Waals surface area (Å²) in [5.74, 6) is -0.349. The van der Waals surface area contributed by atoms with Gasteiger partial charge in [0.1, 0.15) is 6.54 Å². The lowest BCUT2D eigenvalue weighted by molar-refractivity contribution is -0.138. The summed E-state index contributed by atoms with van der Waals surface area (Å²) in [7, 11) is -3.88. The SMILES string of the molecule is CC(C)N(CC(F)(F)F)S(=O)(=O)CCCN. The van der Waals surface area contributed by atoms with Gasteiger partial charge in [0, 0.05) is 6.04 Å². The summed E-state index contributed by atoms with van der Waals surface area (Å²) in [5.41, 5.74) is 5.13. The van der Waals surface area contributed by atoms with E-state index < -0.39 is 28.8 Å². The zero-order chi connectivity index (χ0) is 13.0. The maximum Gasteiger partial charge on any atom is 0.402 e. The molecule has 0 aliphatic rings. The minimum atomic E-state index is -4.53. The van der Waals surface area contributed by atoms with Gasteiger partial charge in [-0.1, -0.05) is 0 Å². The zero-order valence-corrected chi connectivity index (χ0v) is 10.1. The average Bonchev–Trinajstić information content (AvgIpc) is 2.09. The first-order valence-electron chi connectivity index (χ1n) is 4.86. The van der Waals surface area contributed by atoms with Gasteiger partial charge in [0.05, 0.1) is 5.75 Å². The lowest BCUT2D eigenvalue weighted by Gasteiger charge is -2.26. The van der Waals surface area contributed by atoms with Crippen LogP contribution in [0.1, 0.15) is 20.3 Å². The van der Waals surface area contributed by atoms with Gasteiger partial charge in [0.2, 0.25) is 10.0 Å². The third kappa shape index (κ3) is 5.66. The summed E-state index contributed by atoms with van der Waals surface area (Å²) >= 11 is 0. The van der Waals surface area contributed by atoms with E-state index in [-0.39, 0.29) is 18.7 Å². The number of alkyl halides is 3. The summed E-state index contributed by atoms with van der Waals surface area (Å²) in [6.45, 7) is 1.51. The van der Waals surface area contributed by atoms with Gasteiger partial charge in [-0.3, -0.25) is 0 Å². The fraction of sp³-hybridized carbons (Fsp3) is 1.00. The van der Waals surface area contributed by atoms with Crippen LogP contribution in [0.4, 0.5) is 13.2 Å². The molecule has 2 N–H and O–H groups in total. The number of hydrogen-bond donors (Lipinski definition) is 1. The molecule has 0 bridgehead atoms. The van der Waals surface area contributed by atoms with E-state index in [1.54, 1.807) is 0 Å². The normalized spacial score (nSPS) is 13.8. The second kappa shape index (κ2) is 5.83. The Hall–Kier alpha value is -0.340. The molecular formula is C8H17F3N2O2S. The molecule has 4 nitrogen and oxygen atoms in total. The predicted molar refractivity (Wildman–Crippen MR) is 55.4 cm³/mol. The van der Waals surface area contributed by atoms with E-state index in [9.17, 15) is 21.6 Å². The average molecular weight is 262 g/mol. The third-order valence-electron chi connectivity index (χ3n) is 1.87. The summed E-state index contributed by atoms with van der Waals surface area (Å²) in [5, 5.41) is 0. The molecule has 0 aliphatic heterocycles. The lowest BCUT2D eigenvalue weighted by Crippen LogP contribution is -2.44. The van der Waals surface area contributed by atoms with Gasteiger partial charge in [0.25, 0.3) is 0 Å². The quantitative estimate of drug-likeness (QED) is 0.774. The summed E-state index contributed by atoms with van der Waals surface area (Å²) in [4.78, 5) is 0. The van der Waals surface area contributed by atoms with Crippen LogP contribution in [-0.4, -0.2) is 43.8 Å². The van der Waals surface area contributed by atoms with Gasteiger partial charge in [-0.15, -0.1) is 0 Å². The van der Waals surface area contributed by atoms with Crippen LogP contribution in [0.25, 0.3) is 0 Å². The van der Waals surface area contributed by atoms with Gasteiger partial charge in [-0.25, -0.2) is 8.42 Å². The molecule has 0 saturated carbocycles. The Morgan fingerprint density at radius 3 is 2.12 bits per heavy atom. The van der Waals surface area contributed by atoms with Crippen molar-refractivity contribution in [2.45, 2.75) is 32.5 Å². The maximum absolute atomic E-state index is 12.2. The minimum absolute atomic E-state index is 0.136. The topological polar surface area (TPSA) is 63.4 Å². The summed E-state index contributed by atoms with van der Waals surface area (Å²) in [6, 6.07) is -0.718. The smallest absolute Gasteiger partial charge is 0.330 e. The molecule has 0 unspecified atom stereocenters. The highest BCUT2D eigenvalue weighted by Gasteiger charge is 2.37. The first-order valence-corrected chi connectivity index (χ1v) is 6.47. The van der Waals surface area contributed by atoms with E-state index >= 15 is 0 Å². The highest BCUT2D eigenvalue weighted by molar-refractivity contribution is 7.89. The number of rotatable bonds is 6. The second-order valence-electron chi connectivity index (χ2n) is 3.71. The maximum atomic E-state index is 12.2. The van der Waals surface area contributed by atoms with Crippen LogP contribution in [0.3, 0.4) is 0 Å². The van der Waals surface area contributed by atoms with Crippen molar-refractivity contribution >= 4 is 10.0 Å². The van der Waals surface area contributed by atoms with E-state index in [2.05, 4.69) is 0 Å². The standard InChI is InChI=1S/C8H17F3N2O2S/c1-7(2)13(6-8(9,10)11)16(14,15)5-3-4-12/h7H,3-6,12H2,1-2H3. The van der Waals surface area contributed by atoms with Crippen molar-refractivity contribution in [2.75, 3.05) is 18.8 Å². The number of halogens is 3. The third-order valence-corrected chi connectivity index (χ3v) is 3.94. The monoisotopic (exact) mass is 262 g/mol. The number of hydrogen-bond acceptors (Lipinski definition) is 3. The molecule has 98 valence electrons. The molecular weight excluding hydrogens is 245 g/mol. The summed E-state index contributed by atoms with van der Waals surface area (Å²) in [6.07, 6.45) is -4.37. The molecule has 0 saturated heterocycles. The number of nitrogens with zero attached hydrogens (tertiary/aromatic N) is 1. The largest absolute Gasteiger partial charge is 0.402 e. The molecule has 0 aromatic heterocycles.